The predicted molar refractivity (Wildman–Crippen MR) is 79.6 cm³/mol. The van der Waals surface area contributed by atoms with E-state index in [2.05, 4.69) is 30.7 Å². The molecule has 0 saturated heterocycles. The molecule has 20 heavy (non-hydrogen) atoms. The van der Waals surface area contributed by atoms with E-state index in [1.54, 1.807) is 11.1 Å². The zero-order chi connectivity index (χ0) is 14.7. The Morgan fingerprint density at radius 2 is 1.55 bits per heavy atom. The van der Waals surface area contributed by atoms with Crippen molar-refractivity contribution in [2.24, 2.45) is 0 Å². The Bertz CT molecular complexity index is 389. The van der Waals surface area contributed by atoms with E-state index in [9.17, 15) is 0 Å². The van der Waals surface area contributed by atoms with Crippen LogP contribution in [0.25, 0.3) is 5.57 Å². The van der Waals surface area contributed by atoms with Gasteiger partial charge in [-0.25, -0.2) is 12.0 Å². The number of allylic oxidation sites excluding steroid dienone is 2. The van der Waals surface area contributed by atoms with E-state index in [1.807, 2.05) is 0 Å². The van der Waals surface area contributed by atoms with Gasteiger partial charge in [-0.2, -0.15) is 5.57 Å². The second-order valence-electron chi connectivity index (χ2n) is 3.93. The molecule has 3 rings (SSSR count). The molecule has 0 bridgehead atoms. The number of fused-ring (bicyclic) bond motifs is 2. The maximum absolute atomic E-state index is 7.00. The molecule has 3 N–H and O–H groups in total. The predicted octanol–water partition coefficient (Wildman–Crippen LogP) is 2.21. The van der Waals surface area contributed by atoms with E-state index >= 15 is 0 Å². The van der Waals surface area contributed by atoms with Gasteiger partial charge in [0.2, 0.25) is 0 Å². The molecule has 0 saturated carbocycles. The SMILES string of the molecule is CO.CO.CO.[Ti].c1ccc2c(c1)CC1=C2CCC[CH-]1. The van der Waals surface area contributed by atoms with Crippen molar-refractivity contribution in [2.45, 2.75) is 25.7 Å². The van der Waals surface area contributed by atoms with Gasteiger partial charge in [0.15, 0.2) is 0 Å². The van der Waals surface area contributed by atoms with Crippen LogP contribution >= 0.6 is 0 Å². The second-order valence-corrected chi connectivity index (χ2v) is 3.93. The average Bonchev–Trinajstić information content (AvgIpc) is 2.92. The zero-order valence-corrected chi connectivity index (χ0v) is 14.1. The van der Waals surface area contributed by atoms with Crippen LogP contribution in [0.4, 0.5) is 0 Å². The summed E-state index contributed by atoms with van der Waals surface area (Å²) in [6, 6.07) is 8.85. The molecule has 0 aliphatic heterocycles. The van der Waals surface area contributed by atoms with Gasteiger partial charge in [-0.3, -0.25) is 0 Å². The monoisotopic (exact) mass is 313 g/mol. The number of hydrogen-bond acceptors (Lipinski definition) is 3. The maximum Gasteiger partial charge on any atom is 0.0319 e. The zero-order valence-electron chi connectivity index (χ0n) is 12.6. The van der Waals surface area contributed by atoms with Crippen molar-refractivity contribution < 1.29 is 37.0 Å². The van der Waals surface area contributed by atoms with Crippen LogP contribution in [-0.4, -0.2) is 36.6 Å². The maximum atomic E-state index is 7.00. The number of aliphatic hydroxyl groups is 3. The Hall–Kier alpha value is -0.576. The standard InChI is InChI=1S/C13H13.3CH4O.Ti/c1-3-7-12-10(5-1)9-11-6-2-4-8-13(11)12;3*1-2;/h1,3,5-7H,2,4,8-9H2;3*2H,1H3;/q-1;;;;. The Morgan fingerprint density at radius 3 is 2.20 bits per heavy atom. The molecule has 112 valence electrons. The van der Waals surface area contributed by atoms with Crippen LogP contribution in [-0.2, 0) is 28.1 Å². The summed E-state index contributed by atoms with van der Waals surface area (Å²) in [4.78, 5) is 0. The van der Waals surface area contributed by atoms with Gasteiger partial charge in [-0.15, -0.1) is 12.0 Å². The summed E-state index contributed by atoms with van der Waals surface area (Å²) < 4.78 is 0. The molecule has 1 aromatic rings. The van der Waals surface area contributed by atoms with Gasteiger partial charge in [0.1, 0.15) is 0 Å². The van der Waals surface area contributed by atoms with Crippen LogP contribution in [0.5, 0.6) is 0 Å². The smallest absolute Gasteiger partial charge is 0.0319 e. The van der Waals surface area contributed by atoms with Crippen molar-refractivity contribution in [1.29, 1.82) is 0 Å². The first-order chi connectivity index (χ1) is 9.45. The van der Waals surface area contributed by atoms with E-state index < -0.39 is 0 Å². The minimum absolute atomic E-state index is 0. The van der Waals surface area contributed by atoms with Gasteiger partial charge in [0.25, 0.3) is 0 Å². The molecule has 2 aliphatic carbocycles. The van der Waals surface area contributed by atoms with Gasteiger partial charge in [-0.1, -0.05) is 42.7 Å². The molecule has 0 heterocycles. The van der Waals surface area contributed by atoms with Crippen LogP contribution < -0.4 is 0 Å². The van der Waals surface area contributed by atoms with E-state index in [0.717, 1.165) is 21.3 Å². The number of rotatable bonds is 0. The van der Waals surface area contributed by atoms with Crippen molar-refractivity contribution >= 4 is 5.57 Å². The summed E-state index contributed by atoms with van der Waals surface area (Å²) in [7, 11) is 3.00. The van der Waals surface area contributed by atoms with Crippen LogP contribution in [0, 0.1) is 6.42 Å². The van der Waals surface area contributed by atoms with Crippen LogP contribution in [0.3, 0.4) is 0 Å². The van der Waals surface area contributed by atoms with Crippen molar-refractivity contribution in [3.05, 3.63) is 47.4 Å². The van der Waals surface area contributed by atoms with Gasteiger partial charge < -0.3 is 15.3 Å². The normalized spacial score (nSPS) is 13.5. The van der Waals surface area contributed by atoms with Crippen LogP contribution in [0.2, 0.25) is 0 Å². The number of aliphatic hydroxyl groups excluding tert-OH is 3. The van der Waals surface area contributed by atoms with Gasteiger partial charge in [-0.05, 0) is 6.42 Å². The molecule has 0 radical (unpaired) electrons. The fraction of sp³-hybridized carbons (Fsp3) is 0.438. The first-order valence-electron chi connectivity index (χ1n) is 6.43. The summed E-state index contributed by atoms with van der Waals surface area (Å²) >= 11 is 0. The van der Waals surface area contributed by atoms with Crippen LogP contribution in [0.1, 0.15) is 30.4 Å². The third kappa shape index (κ3) is 5.43. The largest absolute Gasteiger partial charge is 0.400 e. The van der Waals surface area contributed by atoms with Gasteiger partial charge in [0.05, 0.1) is 0 Å². The molecular formula is C16H25O3Ti-. The second kappa shape index (κ2) is 13.4. The minimum Gasteiger partial charge on any atom is -0.400 e. The third-order valence-corrected chi connectivity index (χ3v) is 3.13. The molecule has 3 nitrogen and oxygen atoms in total. The fourth-order valence-corrected chi connectivity index (χ4v) is 2.50. The molecule has 2 aliphatic rings. The summed E-state index contributed by atoms with van der Waals surface area (Å²) in [5.41, 5.74) is 6.29. The van der Waals surface area contributed by atoms with Crippen molar-refractivity contribution in [3.8, 4) is 0 Å². The Balaban J connectivity index is 0. The first kappa shape index (κ1) is 21.7. The molecule has 0 spiro atoms. The van der Waals surface area contributed by atoms with Gasteiger partial charge in [0, 0.05) is 43.0 Å². The quantitative estimate of drug-likeness (QED) is 0.508. The molecule has 0 fully saturated rings. The number of benzene rings is 1. The fourth-order valence-electron chi connectivity index (χ4n) is 2.50. The molecule has 4 heteroatoms. The molecule has 1 aromatic carbocycles. The molecule has 0 amide bonds. The van der Waals surface area contributed by atoms with Crippen LogP contribution in [0.15, 0.2) is 29.8 Å². The summed E-state index contributed by atoms with van der Waals surface area (Å²) in [6.45, 7) is 0. The van der Waals surface area contributed by atoms with Crippen molar-refractivity contribution in [1.82, 2.24) is 0 Å². The molecule has 0 atom stereocenters. The minimum atomic E-state index is 0. The summed E-state index contributed by atoms with van der Waals surface area (Å²) in [6.07, 6.45) is 7.53. The topological polar surface area (TPSA) is 60.7 Å². The Morgan fingerprint density at radius 1 is 0.950 bits per heavy atom. The van der Waals surface area contributed by atoms with E-state index in [0.29, 0.717) is 0 Å². The van der Waals surface area contributed by atoms with E-state index in [-0.39, 0.29) is 21.7 Å². The summed E-state index contributed by atoms with van der Waals surface area (Å²) in [5.74, 6) is 0. The Labute approximate surface area is 137 Å². The molecule has 0 aromatic heterocycles. The average molecular weight is 313 g/mol. The molecular weight excluding hydrogens is 288 g/mol. The third-order valence-electron chi connectivity index (χ3n) is 3.13. The van der Waals surface area contributed by atoms with Crippen molar-refractivity contribution in [3.63, 3.8) is 0 Å². The summed E-state index contributed by atoms with van der Waals surface area (Å²) in [5, 5.41) is 21.0. The molecule has 0 unspecified atom stereocenters. The van der Waals surface area contributed by atoms with Crippen molar-refractivity contribution in [2.75, 3.05) is 21.3 Å². The Kier molecular flexibility index (Phi) is 14.6. The van der Waals surface area contributed by atoms with E-state index in [4.69, 9.17) is 15.3 Å². The number of hydrogen-bond donors (Lipinski definition) is 3. The van der Waals surface area contributed by atoms with Gasteiger partial charge >= 0.3 is 0 Å². The van der Waals surface area contributed by atoms with E-state index in [1.165, 1.54) is 36.8 Å². The first-order valence-corrected chi connectivity index (χ1v) is 6.43.